The van der Waals surface area contributed by atoms with Crippen molar-refractivity contribution >= 4 is 34.3 Å². The van der Waals surface area contributed by atoms with E-state index in [4.69, 9.17) is 20.8 Å². The van der Waals surface area contributed by atoms with E-state index in [9.17, 15) is 9.90 Å². The van der Waals surface area contributed by atoms with E-state index in [1.807, 2.05) is 0 Å². The van der Waals surface area contributed by atoms with Gasteiger partial charge in [0.1, 0.15) is 17.1 Å². The van der Waals surface area contributed by atoms with Crippen LogP contribution in [0.25, 0.3) is 22.4 Å². The molecule has 148 valence electrons. The maximum atomic E-state index is 11.9. The van der Waals surface area contributed by atoms with E-state index in [1.165, 1.54) is 17.8 Å². The lowest BCUT2D eigenvalue weighted by molar-refractivity contribution is 0.416. The van der Waals surface area contributed by atoms with Gasteiger partial charge in [-0.05, 0) is 42.8 Å². The SMILES string of the molecule is COc1ccc(Cl)cc1-c1nc(SCc2cc(=O)oc3c(C)c(O)ccc23)n[nH]1. The van der Waals surface area contributed by atoms with Crippen molar-refractivity contribution in [2.45, 2.75) is 17.8 Å². The standard InChI is InChI=1S/C20H16ClN3O4S/c1-10-15(25)5-4-13-11(7-17(26)28-18(10)13)9-29-20-22-19(23-24-20)14-8-12(21)3-6-16(14)27-2/h3-8,25H,9H2,1-2H3,(H,22,23,24). The number of hydrogen-bond donors (Lipinski definition) is 2. The zero-order valence-electron chi connectivity index (χ0n) is 15.5. The highest BCUT2D eigenvalue weighted by atomic mass is 35.5. The molecule has 0 aliphatic rings. The molecule has 0 bridgehead atoms. The van der Waals surface area contributed by atoms with Crippen LogP contribution in [0.3, 0.4) is 0 Å². The number of methoxy groups -OCH3 is 1. The summed E-state index contributed by atoms with van der Waals surface area (Å²) in [6.45, 7) is 1.71. The average molecular weight is 430 g/mol. The number of rotatable bonds is 5. The maximum Gasteiger partial charge on any atom is 0.336 e. The summed E-state index contributed by atoms with van der Waals surface area (Å²) in [5, 5.41) is 18.8. The number of benzene rings is 2. The molecule has 0 spiro atoms. The lowest BCUT2D eigenvalue weighted by Gasteiger charge is -2.07. The van der Waals surface area contributed by atoms with Crippen molar-refractivity contribution in [2.24, 2.45) is 0 Å². The number of aromatic amines is 1. The minimum Gasteiger partial charge on any atom is -0.508 e. The Bertz CT molecular complexity index is 1270. The monoisotopic (exact) mass is 429 g/mol. The molecule has 4 rings (SSSR count). The molecule has 0 aliphatic heterocycles. The van der Waals surface area contributed by atoms with Gasteiger partial charge in [0.25, 0.3) is 0 Å². The molecule has 4 aromatic rings. The first-order valence-electron chi connectivity index (χ1n) is 8.60. The highest BCUT2D eigenvalue weighted by Crippen LogP contribution is 2.33. The lowest BCUT2D eigenvalue weighted by Crippen LogP contribution is -2.01. The minimum absolute atomic E-state index is 0.0829. The van der Waals surface area contributed by atoms with Crippen molar-refractivity contribution in [3.05, 3.63) is 63.0 Å². The number of fused-ring (bicyclic) bond motifs is 1. The molecule has 0 saturated heterocycles. The molecule has 2 heterocycles. The number of H-pyrrole nitrogens is 1. The number of aromatic nitrogens is 3. The summed E-state index contributed by atoms with van der Waals surface area (Å²) < 4.78 is 10.6. The second kappa shape index (κ2) is 7.81. The number of nitrogens with zero attached hydrogens (tertiary/aromatic N) is 2. The summed E-state index contributed by atoms with van der Waals surface area (Å²) in [4.78, 5) is 16.4. The molecule has 29 heavy (non-hydrogen) atoms. The van der Waals surface area contributed by atoms with E-state index >= 15 is 0 Å². The van der Waals surface area contributed by atoms with Crippen LogP contribution in [0, 0.1) is 6.92 Å². The first-order chi connectivity index (χ1) is 14.0. The van der Waals surface area contributed by atoms with Crippen molar-refractivity contribution in [3.63, 3.8) is 0 Å². The summed E-state index contributed by atoms with van der Waals surface area (Å²) in [7, 11) is 1.57. The molecule has 9 heteroatoms. The molecule has 0 aliphatic carbocycles. The largest absolute Gasteiger partial charge is 0.508 e. The molecule has 0 fully saturated rings. The molecule has 7 nitrogen and oxygen atoms in total. The normalized spacial score (nSPS) is 11.1. The summed E-state index contributed by atoms with van der Waals surface area (Å²) in [5.74, 6) is 1.70. The molecule has 0 atom stereocenters. The van der Waals surface area contributed by atoms with Gasteiger partial charge in [0.2, 0.25) is 5.16 Å². The lowest BCUT2D eigenvalue weighted by atomic mass is 10.1. The van der Waals surface area contributed by atoms with Crippen molar-refractivity contribution in [2.75, 3.05) is 7.11 Å². The summed E-state index contributed by atoms with van der Waals surface area (Å²) in [6, 6.07) is 10.0. The van der Waals surface area contributed by atoms with Crippen LogP contribution in [0.1, 0.15) is 11.1 Å². The molecular formula is C20H16ClN3O4S. The molecule has 0 saturated carbocycles. The number of phenols is 1. The molecule has 2 N–H and O–H groups in total. The number of nitrogens with one attached hydrogen (secondary N) is 1. The first-order valence-corrected chi connectivity index (χ1v) is 9.97. The van der Waals surface area contributed by atoms with Crippen LogP contribution in [0.5, 0.6) is 11.5 Å². The van der Waals surface area contributed by atoms with Crippen molar-refractivity contribution in [1.29, 1.82) is 0 Å². The Kier molecular flexibility index (Phi) is 5.21. The number of hydrogen-bond acceptors (Lipinski definition) is 7. The number of ether oxygens (including phenoxy) is 1. The molecule has 2 aromatic carbocycles. The third kappa shape index (κ3) is 3.81. The van der Waals surface area contributed by atoms with Crippen molar-refractivity contribution < 1.29 is 14.3 Å². The second-order valence-corrected chi connectivity index (χ2v) is 7.66. The van der Waals surface area contributed by atoms with Gasteiger partial charge in [0.15, 0.2) is 5.82 Å². The van der Waals surface area contributed by atoms with Crippen LogP contribution in [-0.4, -0.2) is 27.4 Å². The molecule has 0 amide bonds. The Hall–Kier alpha value is -2.97. The van der Waals surface area contributed by atoms with Crippen molar-refractivity contribution in [1.82, 2.24) is 15.2 Å². The van der Waals surface area contributed by atoms with Gasteiger partial charge in [0.05, 0.1) is 12.7 Å². The van der Waals surface area contributed by atoms with Crippen LogP contribution in [0.15, 0.2) is 50.8 Å². The smallest absolute Gasteiger partial charge is 0.336 e. The highest BCUT2D eigenvalue weighted by Gasteiger charge is 2.14. The van der Waals surface area contributed by atoms with Gasteiger partial charge in [-0.25, -0.2) is 9.78 Å². The molecule has 2 aromatic heterocycles. The van der Waals surface area contributed by atoms with Crippen LogP contribution >= 0.6 is 23.4 Å². The first kappa shape index (κ1) is 19.4. The Balaban J connectivity index is 1.62. The van der Waals surface area contributed by atoms with E-state index in [1.54, 1.807) is 44.4 Å². The second-order valence-electron chi connectivity index (χ2n) is 6.28. The maximum absolute atomic E-state index is 11.9. The number of thioether (sulfide) groups is 1. The number of aryl methyl sites for hydroxylation is 1. The molecule has 0 radical (unpaired) electrons. The molecular weight excluding hydrogens is 414 g/mol. The van der Waals surface area contributed by atoms with Crippen LogP contribution in [-0.2, 0) is 5.75 Å². The van der Waals surface area contributed by atoms with E-state index in [0.29, 0.717) is 44.2 Å². The van der Waals surface area contributed by atoms with Gasteiger partial charge in [-0.2, -0.15) is 0 Å². The van der Waals surface area contributed by atoms with E-state index in [2.05, 4.69) is 15.2 Å². The van der Waals surface area contributed by atoms with E-state index in [-0.39, 0.29) is 5.75 Å². The zero-order chi connectivity index (χ0) is 20.5. The predicted octanol–water partition coefficient (Wildman–Crippen LogP) is 4.55. The number of halogens is 1. The topological polar surface area (TPSA) is 101 Å². The van der Waals surface area contributed by atoms with E-state index in [0.717, 1.165) is 10.9 Å². The predicted molar refractivity (Wildman–Crippen MR) is 112 cm³/mol. The summed E-state index contributed by atoms with van der Waals surface area (Å²) >= 11 is 7.46. The van der Waals surface area contributed by atoms with Crippen LogP contribution in [0.4, 0.5) is 0 Å². The Labute approximate surface area is 174 Å². The van der Waals surface area contributed by atoms with Gasteiger partial charge >= 0.3 is 5.63 Å². The quantitative estimate of drug-likeness (QED) is 0.354. The van der Waals surface area contributed by atoms with Gasteiger partial charge in [-0.15, -0.1) is 5.10 Å². The zero-order valence-corrected chi connectivity index (χ0v) is 17.1. The highest BCUT2D eigenvalue weighted by molar-refractivity contribution is 7.98. The van der Waals surface area contributed by atoms with Crippen LogP contribution in [0.2, 0.25) is 5.02 Å². The Morgan fingerprint density at radius 3 is 2.90 bits per heavy atom. The average Bonchev–Trinajstić information content (AvgIpc) is 3.18. The van der Waals surface area contributed by atoms with Crippen molar-refractivity contribution in [3.8, 4) is 22.9 Å². The Morgan fingerprint density at radius 2 is 2.10 bits per heavy atom. The Morgan fingerprint density at radius 1 is 1.28 bits per heavy atom. The van der Waals surface area contributed by atoms with Crippen LogP contribution < -0.4 is 10.4 Å². The fraction of sp³-hybridized carbons (Fsp3) is 0.150. The fourth-order valence-corrected chi connectivity index (χ4v) is 3.94. The summed E-state index contributed by atoms with van der Waals surface area (Å²) in [5.41, 5.74) is 1.92. The summed E-state index contributed by atoms with van der Waals surface area (Å²) in [6.07, 6.45) is 0. The van der Waals surface area contributed by atoms with E-state index < -0.39 is 5.63 Å². The third-order valence-corrected chi connectivity index (χ3v) is 5.59. The fourth-order valence-electron chi connectivity index (χ4n) is 2.97. The number of aromatic hydroxyl groups is 1. The number of phenolic OH excluding ortho intramolecular Hbond substituents is 1. The van der Waals surface area contributed by atoms with Gasteiger partial charge in [-0.3, -0.25) is 5.10 Å². The van der Waals surface area contributed by atoms with Gasteiger partial charge in [-0.1, -0.05) is 23.4 Å². The minimum atomic E-state index is -0.471. The van der Waals surface area contributed by atoms with Gasteiger partial charge < -0.3 is 14.3 Å². The van der Waals surface area contributed by atoms with Gasteiger partial charge in [0, 0.05) is 27.8 Å². The molecule has 0 unspecified atom stereocenters. The third-order valence-electron chi connectivity index (χ3n) is 4.46.